The quantitative estimate of drug-likeness (QED) is 0.904. The Balaban J connectivity index is 2.19. The molecule has 0 radical (unpaired) electrons. The molecule has 0 amide bonds. The van der Waals surface area contributed by atoms with E-state index in [1.165, 1.54) is 4.88 Å². The van der Waals surface area contributed by atoms with Gasteiger partial charge in [-0.25, -0.2) is 0 Å². The fraction of sp³-hybridized carbons (Fsp3) is 0.200. The number of hydrogen-bond acceptors (Lipinski definition) is 4. The highest BCUT2D eigenvalue weighted by atomic mass is 32.1. The van der Waals surface area contributed by atoms with Gasteiger partial charge >= 0.3 is 0 Å². The lowest BCUT2D eigenvalue weighted by atomic mass is 10.1. The Bertz CT molecular complexity index is 559. The summed E-state index contributed by atoms with van der Waals surface area (Å²) in [5.74, 6) is 1.40. The minimum atomic E-state index is 0.187. The Morgan fingerprint density at radius 1 is 1.26 bits per heavy atom. The molecule has 0 unspecified atom stereocenters. The lowest BCUT2D eigenvalue weighted by Crippen LogP contribution is -1.93. The minimum absolute atomic E-state index is 0.187. The Morgan fingerprint density at radius 3 is 2.74 bits per heavy atom. The van der Waals surface area contributed by atoms with E-state index in [2.05, 4.69) is 0 Å². The van der Waals surface area contributed by atoms with Crippen LogP contribution in [0.2, 0.25) is 0 Å². The highest BCUT2D eigenvalue weighted by Crippen LogP contribution is 2.33. The molecule has 2 rings (SSSR count). The number of thiophene rings is 1. The van der Waals surface area contributed by atoms with Crippen LogP contribution in [0.15, 0.2) is 35.7 Å². The predicted molar refractivity (Wildman–Crippen MR) is 78.3 cm³/mol. The van der Waals surface area contributed by atoms with Crippen molar-refractivity contribution in [3.63, 3.8) is 0 Å². The standard InChI is InChI=1S/C15H16O3S/c1-17-11-9-14(16)13(15(10-11)18-2)7-3-5-12-6-4-8-19-12/h3-6,8-10,16H,7H2,1-2H3/b5-3+. The van der Waals surface area contributed by atoms with Crippen molar-refractivity contribution in [2.75, 3.05) is 14.2 Å². The fourth-order valence-electron chi connectivity index (χ4n) is 1.79. The van der Waals surface area contributed by atoms with Gasteiger partial charge in [0.1, 0.15) is 17.2 Å². The van der Waals surface area contributed by atoms with Crippen molar-refractivity contribution in [3.05, 3.63) is 46.2 Å². The lowest BCUT2D eigenvalue weighted by Gasteiger charge is -2.11. The first-order valence-corrected chi connectivity index (χ1v) is 6.76. The van der Waals surface area contributed by atoms with Gasteiger partial charge < -0.3 is 14.6 Å². The van der Waals surface area contributed by atoms with Crippen LogP contribution in [0.1, 0.15) is 10.4 Å². The first-order valence-electron chi connectivity index (χ1n) is 5.88. The topological polar surface area (TPSA) is 38.7 Å². The van der Waals surface area contributed by atoms with Crippen LogP contribution in [-0.2, 0) is 6.42 Å². The maximum Gasteiger partial charge on any atom is 0.129 e. The summed E-state index contributed by atoms with van der Waals surface area (Å²) in [4.78, 5) is 1.19. The van der Waals surface area contributed by atoms with Gasteiger partial charge in [0.15, 0.2) is 0 Å². The molecular formula is C15H16O3S. The Hall–Kier alpha value is -1.94. The van der Waals surface area contributed by atoms with Crippen molar-refractivity contribution in [1.29, 1.82) is 0 Å². The van der Waals surface area contributed by atoms with Gasteiger partial charge in [-0.05, 0) is 23.9 Å². The molecule has 1 heterocycles. The van der Waals surface area contributed by atoms with Gasteiger partial charge in [-0.1, -0.05) is 12.1 Å². The van der Waals surface area contributed by atoms with Crippen LogP contribution in [0.4, 0.5) is 0 Å². The molecule has 0 fully saturated rings. The maximum atomic E-state index is 10.0. The molecule has 0 aliphatic carbocycles. The Morgan fingerprint density at radius 2 is 2.11 bits per heavy atom. The Kier molecular flexibility index (Phi) is 4.47. The summed E-state index contributed by atoms with van der Waals surface area (Å²) in [6, 6.07) is 7.42. The third-order valence-corrected chi connectivity index (χ3v) is 3.60. The van der Waals surface area contributed by atoms with Gasteiger partial charge in [0.05, 0.1) is 14.2 Å². The molecule has 1 aromatic heterocycles. The molecule has 0 bridgehead atoms. The summed E-state index contributed by atoms with van der Waals surface area (Å²) >= 11 is 1.68. The second kappa shape index (κ2) is 6.29. The van der Waals surface area contributed by atoms with Crippen LogP contribution in [0.3, 0.4) is 0 Å². The maximum absolute atomic E-state index is 10.0. The normalized spacial score (nSPS) is 10.8. The molecule has 1 N–H and O–H groups in total. The van der Waals surface area contributed by atoms with Crippen molar-refractivity contribution in [1.82, 2.24) is 0 Å². The average Bonchev–Trinajstić information content (AvgIpc) is 2.93. The summed E-state index contributed by atoms with van der Waals surface area (Å²) in [5.41, 5.74) is 0.760. The molecule has 3 nitrogen and oxygen atoms in total. The number of allylic oxidation sites excluding steroid dienone is 1. The van der Waals surface area contributed by atoms with Gasteiger partial charge in [0.25, 0.3) is 0 Å². The van der Waals surface area contributed by atoms with E-state index in [-0.39, 0.29) is 5.75 Å². The molecule has 2 aromatic rings. The summed E-state index contributed by atoms with van der Waals surface area (Å²) in [5, 5.41) is 12.0. The van der Waals surface area contributed by atoms with E-state index < -0.39 is 0 Å². The molecule has 0 spiro atoms. The Labute approximate surface area is 116 Å². The summed E-state index contributed by atoms with van der Waals surface area (Å²) in [7, 11) is 3.14. The number of rotatable bonds is 5. The number of benzene rings is 1. The fourth-order valence-corrected chi connectivity index (χ4v) is 2.44. The summed E-state index contributed by atoms with van der Waals surface area (Å²) in [6.07, 6.45) is 4.65. The third kappa shape index (κ3) is 3.29. The van der Waals surface area contributed by atoms with Crippen LogP contribution in [0.25, 0.3) is 6.08 Å². The van der Waals surface area contributed by atoms with Crippen LogP contribution in [-0.4, -0.2) is 19.3 Å². The predicted octanol–water partition coefficient (Wildman–Crippen LogP) is 3.73. The molecule has 0 atom stereocenters. The third-order valence-electron chi connectivity index (χ3n) is 2.76. The van der Waals surface area contributed by atoms with Crippen LogP contribution < -0.4 is 9.47 Å². The van der Waals surface area contributed by atoms with E-state index in [0.717, 1.165) is 5.56 Å². The average molecular weight is 276 g/mol. The van der Waals surface area contributed by atoms with Crippen molar-refractivity contribution in [2.45, 2.75) is 6.42 Å². The summed E-state index contributed by atoms with van der Waals surface area (Å²) < 4.78 is 10.4. The van der Waals surface area contributed by atoms with E-state index in [0.29, 0.717) is 17.9 Å². The largest absolute Gasteiger partial charge is 0.507 e. The number of aromatic hydroxyl groups is 1. The zero-order valence-corrected chi connectivity index (χ0v) is 11.7. The van der Waals surface area contributed by atoms with Gasteiger partial charge in [0.2, 0.25) is 0 Å². The molecule has 4 heteroatoms. The summed E-state index contributed by atoms with van der Waals surface area (Å²) in [6.45, 7) is 0. The number of ether oxygens (including phenoxy) is 2. The first kappa shape index (κ1) is 13.5. The zero-order chi connectivity index (χ0) is 13.7. The second-order valence-electron chi connectivity index (χ2n) is 3.95. The SMILES string of the molecule is COc1cc(O)c(C/C=C/c2cccs2)c(OC)c1. The zero-order valence-electron chi connectivity index (χ0n) is 10.9. The van der Waals surface area contributed by atoms with Crippen molar-refractivity contribution in [3.8, 4) is 17.2 Å². The number of hydrogen-bond donors (Lipinski definition) is 1. The molecule has 0 saturated carbocycles. The van der Waals surface area contributed by atoms with Crippen molar-refractivity contribution >= 4 is 17.4 Å². The molecule has 1 aromatic carbocycles. The number of phenolic OH excluding ortho intramolecular Hbond substituents is 1. The van der Waals surface area contributed by atoms with Crippen molar-refractivity contribution in [2.24, 2.45) is 0 Å². The van der Waals surface area contributed by atoms with E-state index in [9.17, 15) is 5.11 Å². The monoisotopic (exact) mass is 276 g/mol. The van der Waals surface area contributed by atoms with E-state index in [1.54, 1.807) is 37.7 Å². The van der Waals surface area contributed by atoms with E-state index in [4.69, 9.17) is 9.47 Å². The molecule has 0 aliphatic rings. The van der Waals surface area contributed by atoms with E-state index >= 15 is 0 Å². The molecular weight excluding hydrogens is 260 g/mol. The van der Waals surface area contributed by atoms with Crippen LogP contribution >= 0.6 is 11.3 Å². The van der Waals surface area contributed by atoms with Crippen LogP contribution in [0, 0.1) is 0 Å². The van der Waals surface area contributed by atoms with Gasteiger partial charge in [0, 0.05) is 22.6 Å². The minimum Gasteiger partial charge on any atom is -0.507 e. The van der Waals surface area contributed by atoms with Crippen molar-refractivity contribution < 1.29 is 14.6 Å². The molecule has 19 heavy (non-hydrogen) atoms. The number of methoxy groups -OCH3 is 2. The molecule has 100 valence electrons. The molecule has 0 aliphatic heterocycles. The van der Waals surface area contributed by atoms with Gasteiger partial charge in [-0.3, -0.25) is 0 Å². The van der Waals surface area contributed by atoms with Gasteiger partial charge in [-0.2, -0.15) is 0 Å². The first-order chi connectivity index (χ1) is 9.24. The lowest BCUT2D eigenvalue weighted by molar-refractivity contribution is 0.380. The van der Waals surface area contributed by atoms with Gasteiger partial charge in [-0.15, -0.1) is 11.3 Å². The highest BCUT2D eigenvalue weighted by molar-refractivity contribution is 7.10. The van der Waals surface area contributed by atoms with E-state index in [1.807, 2.05) is 29.7 Å². The second-order valence-corrected chi connectivity index (χ2v) is 4.93. The smallest absolute Gasteiger partial charge is 0.129 e. The van der Waals surface area contributed by atoms with Crippen LogP contribution in [0.5, 0.6) is 17.2 Å². The highest BCUT2D eigenvalue weighted by Gasteiger charge is 2.10. The molecule has 0 saturated heterocycles. The number of phenols is 1.